The van der Waals surface area contributed by atoms with E-state index in [0.717, 1.165) is 22.8 Å². The zero-order chi connectivity index (χ0) is 20.8. The van der Waals surface area contributed by atoms with E-state index in [1.807, 2.05) is 39.0 Å². The summed E-state index contributed by atoms with van der Waals surface area (Å²) < 4.78 is 5.00. The predicted octanol–water partition coefficient (Wildman–Crippen LogP) is 3.97. The first-order chi connectivity index (χ1) is 13.2. The van der Waals surface area contributed by atoms with Gasteiger partial charge in [-0.05, 0) is 55.9 Å². The number of nitrogens with one attached hydrogen (secondary N) is 1. The highest BCUT2D eigenvalue weighted by Gasteiger charge is 2.19. The van der Waals surface area contributed by atoms with Gasteiger partial charge in [-0.25, -0.2) is 4.79 Å². The van der Waals surface area contributed by atoms with Crippen LogP contribution < -0.4 is 5.32 Å². The molecule has 2 aromatic carbocycles. The van der Waals surface area contributed by atoms with Crippen molar-refractivity contribution in [3.8, 4) is 0 Å². The first-order valence-electron chi connectivity index (χ1n) is 8.59. The monoisotopic (exact) mass is 402 g/mol. The number of nitro groups is 1. The second-order valence-electron chi connectivity index (χ2n) is 6.35. The molecule has 1 N–H and O–H groups in total. The molecule has 0 unspecified atom stereocenters. The van der Waals surface area contributed by atoms with E-state index in [9.17, 15) is 19.7 Å². The molecule has 0 saturated heterocycles. The minimum atomic E-state index is -0.787. The lowest BCUT2D eigenvalue weighted by Gasteiger charge is -2.15. The van der Waals surface area contributed by atoms with Gasteiger partial charge in [0.15, 0.2) is 6.61 Å². The lowest BCUT2D eigenvalue weighted by Crippen LogP contribution is -2.31. The second kappa shape index (κ2) is 9.36. The molecule has 148 valence electrons. The number of esters is 1. The maximum atomic E-state index is 12.1. The van der Waals surface area contributed by atoms with Gasteiger partial charge < -0.3 is 10.1 Å². The van der Waals surface area contributed by atoms with Gasteiger partial charge >= 0.3 is 5.97 Å². The Morgan fingerprint density at radius 2 is 1.89 bits per heavy atom. The molecule has 0 aliphatic rings. The molecular formula is C20H22N2O5S. The number of nitro benzene ring substituents is 1. The highest BCUT2D eigenvalue weighted by Crippen LogP contribution is 2.28. The summed E-state index contributed by atoms with van der Waals surface area (Å²) in [5, 5.41) is 13.9. The smallest absolute Gasteiger partial charge is 0.338 e. The summed E-state index contributed by atoms with van der Waals surface area (Å²) in [4.78, 5) is 35.2. The fourth-order valence-electron chi connectivity index (χ4n) is 2.57. The van der Waals surface area contributed by atoms with Gasteiger partial charge in [-0.15, -0.1) is 11.8 Å². The van der Waals surface area contributed by atoms with E-state index in [2.05, 4.69) is 5.32 Å². The summed E-state index contributed by atoms with van der Waals surface area (Å²) in [5.74, 6) is -1.24. The Balaban J connectivity index is 1.96. The maximum Gasteiger partial charge on any atom is 0.338 e. The van der Waals surface area contributed by atoms with Crippen LogP contribution in [0.1, 0.15) is 40.0 Å². The van der Waals surface area contributed by atoms with Gasteiger partial charge in [0.2, 0.25) is 0 Å². The fraction of sp³-hybridized carbons (Fsp3) is 0.300. The summed E-state index contributed by atoms with van der Waals surface area (Å²) in [6.07, 6.45) is 1.71. The normalized spacial score (nSPS) is 11.6. The molecule has 0 fully saturated rings. The van der Waals surface area contributed by atoms with E-state index in [-0.39, 0.29) is 17.3 Å². The molecule has 0 aliphatic carbocycles. The van der Waals surface area contributed by atoms with Crippen LogP contribution in [0.2, 0.25) is 0 Å². The number of nitrogens with zero attached hydrogens (tertiary/aromatic N) is 1. The van der Waals surface area contributed by atoms with E-state index in [0.29, 0.717) is 4.90 Å². The van der Waals surface area contributed by atoms with Gasteiger partial charge in [-0.1, -0.05) is 18.2 Å². The van der Waals surface area contributed by atoms with Crippen LogP contribution in [-0.2, 0) is 9.53 Å². The van der Waals surface area contributed by atoms with Crippen molar-refractivity contribution in [3.63, 3.8) is 0 Å². The van der Waals surface area contributed by atoms with E-state index < -0.39 is 23.4 Å². The zero-order valence-electron chi connectivity index (χ0n) is 16.1. The molecule has 1 atom stereocenters. The average molecular weight is 402 g/mol. The van der Waals surface area contributed by atoms with Crippen LogP contribution in [0, 0.1) is 24.0 Å². The molecule has 8 heteroatoms. The van der Waals surface area contributed by atoms with Gasteiger partial charge in [-0.2, -0.15) is 0 Å². The third-order valence-corrected chi connectivity index (χ3v) is 5.14. The molecule has 2 rings (SSSR count). The first kappa shape index (κ1) is 21.4. The van der Waals surface area contributed by atoms with Crippen molar-refractivity contribution < 1.29 is 19.2 Å². The van der Waals surface area contributed by atoms with Crippen molar-refractivity contribution >= 4 is 29.3 Å². The topological polar surface area (TPSA) is 98.5 Å². The maximum absolute atomic E-state index is 12.1. The van der Waals surface area contributed by atoms with E-state index in [1.54, 1.807) is 6.26 Å². The quantitative estimate of drug-likeness (QED) is 0.326. The van der Waals surface area contributed by atoms with Crippen LogP contribution in [0.15, 0.2) is 41.3 Å². The number of rotatable bonds is 7. The van der Waals surface area contributed by atoms with Gasteiger partial charge in [0.25, 0.3) is 11.6 Å². The van der Waals surface area contributed by atoms with E-state index >= 15 is 0 Å². The van der Waals surface area contributed by atoms with Crippen LogP contribution in [0.4, 0.5) is 5.69 Å². The summed E-state index contributed by atoms with van der Waals surface area (Å²) in [5.41, 5.74) is 3.10. The van der Waals surface area contributed by atoms with Crippen LogP contribution in [0.25, 0.3) is 0 Å². The molecular weight excluding hydrogens is 380 g/mol. The van der Waals surface area contributed by atoms with Crippen molar-refractivity contribution in [2.45, 2.75) is 31.7 Å². The minimum Gasteiger partial charge on any atom is -0.452 e. The molecule has 7 nitrogen and oxygen atoms in total. The number of carbonyl (C=O) groups excluding carboxylic acids is 2. The van der Waals surface area contributed by atoms with Crippen molar-refractivity contribution in [2.24, 2.45) is 0 Å². The van der Waals surface area contributed by atoms with Gasteiger partial charge in [0, 0.05) is 6.07 Å². The van der Waals surface area contributed by atoms with Crippen molar-refractivity contribution in [1.82, 2.24) is 5.32 Å². The third kappa shape index (κ3) is 5.32. The third-order valence-electron chi connectivity index (χ3n) is 4.35. The Hall–Kier alpha value is -2.87. The number of hydrogen-bond donors (Lipinski definition) is 1. The first-order valence-corrected chi connectivity index (χ1v) is 9.81. The second-order valence-corrected chi connectivity index (χ2v) is 7.20. The molecule has 0 radical (unpaired) electrons. The van der Waals surface area contributed by atoms with Crippen molar-refractivity contribution in [1.29, 1.82) is 0 Å². The number of benzene rings is 2. The molecule has 0 bridgehead atoms. The minimum absolute atomic E-state index is 0.0273. The van der Waals surface area contributed by atoms with Gasteiger partial charge in [0.1, 0.15) is 0 Å². The number of aryl methyl sites for hydroxylation is 2. The Morgan fingerprint density at radius 3 is 2.50 bits per heavy atom. The van der Waals surface area contributed by atoms with E-state index in [1.165, 1.54) is 23.9 Å². The molecule has 0 aromatic heterocycles. The fourth-order valence-corrected chi connectivity index (χ4v) is 3.12. The van der Waals surface area contributed by atoms with E-state index in [4.69, 9.17) is 4.74 Å². The predicted molar refractivity (Wildman–Crippen MR) is 108 cm³/mol. The molecule has 2 aromatic rings. The number of ether oxygens (including phenoxy) is 1. The average Bonchev–Trinajstić information content (AvgIpc) is 2.67. The number of carbonyl (C=O) groups is 2. The molecule has 0 spiro atoms. The molecule has 0 heterocycles. The van der Waals surface area contributed by atoms with Crippen LogP contribution in [0.5, 0.6) is 0 Å². The van der Waals surface area contributed by atoms with Crippen molar-refractivity contribution in [3.05, 3.63) is 68.8 Å². The Morgan fingerprint density at radius 1 is 1.18 bits per heavy atom. The number of thioether (sulfide) groups is 1. The molecule has 28 heavy (non-hydrogen) atoms. The lowest BCUT2D eigenvalue weighted by atomic mass is 10.0. The Kier molecular flexibility index (Phi) is 7.17. The SMILES string of the molecule is CSc1ccc(C(=O)OCC(=O)N[C@H](C)c2ccc(C)c(C)c2)cc1[N+](=O)[O-]. The summed E-state index contributed by atoms with van der Waals surface area (Å²) >= 11 is 1.21. The summed E-state index contributed by atoms with van der Waals surface area (Å²) in [7, 11) is 0. The van der Waals surface area contributed by atoms with Crippen molar-refractivity contribution in [2.75, 3.05) is 12.9 Å². The highest BCUT2D eigenvalue weighted by atomic mass is 32.2. The van der Waals surface area contributed by atoms with Gasteiger partial charge in [-0.3, -0.25) is 14.9 Å². The largest absolute Gasteiger partial charge is 0.452 e. The van der Waals surface area contributed by atoms with Gasteiger partial charge in [0.05, 0.1) is 21.4 Å². The lowest BCUT2D eigenvalue weighted by molar-refractivity contribution is -0.387. The Bertz CT molecular complexity index is 913. The molecule has 0 saturated carbocycles. The molecule has 0 aliphatic heterocycles. The van der Waals surface area contributed by atoms with Crippen LogP contribution >= 0.6 is 11.8 Å². The summed E-state index contributed by atoms with van der Waals surface area (Å²) in [6, 6.07) is 9.76. The Labute approximate surface area is 167 Å². The number of hydrogen-bond acceptors (Lipinski definition) is 6. The molecule has 1 amide bonds. The summed E-state index contributed by atoms with van der Waals surface area (Å²) in [6.45, 7) is 5.38. The number of amides is 1. The zero-order valence-corrected chi connectivity index (χ0v) is 17.0. The van der Waals surface area contributed by atoms with Crippen LogP contribution in [0.3, 0.4) is 0 Å². The van der Waals surface area contributed by atoms with Crippen LogP contribution in [-0.4, -0.2) is 29.7 Å². The highest BCUT2D eigenvalue weighted by molar-refractivity contribution is 7.98. The standard InChI is InChI=1S/C20H22N2O5S/c1-12-5-6-15(9-13(12)2)14(3)21-19(23)11-27-20(24)16-7-8-18(28-4)17(10-16)22(25)26/h5-10,14H,11H2,1-4H3,(H,21,23)/t14-/m1/s1.